The lowest BCUT2D eigenvalue weighted by Crippen LogP contribution is -2.37. The molecule has 4 heteroatoms. The Morgan fingerprint density at radius 3 is 2.60 bits per heavy atom. The molecule has 0 aliphatic rings. The smallest absolute Gasteiger partial charge is 0.257 e. The first-order chi connectivity index (χ1) is 6.97. The van der Waals surface area contributed by atoms with E-state index in [2.05, 4.69) is 0 Å². The van der Waals surface area contributed by atoms with E-state index in [4.69, 9.17) is 9.52 Å². The van der Waals surface area contributed by atoms with Crippen LogP contribution in [-0.4, -0.2) is 35.6 Å². The van der Waals surface area contributed by atoms with E-state index < -0.39 is 0 Å². The summed E-state index contributed by atoms with van der Waals surface area (Å²) in [5.74, 6) is 1.22. The zero-order valence-electron chi connectivity index (χ0n) is 9.57. The summed E-state index contributed by atoms with van der Waals surface area (Å²) in [7, 11) is 1.67. The minimum absolute atomic E-state index is 0.0435. The number of aliphatic hydroxyl groups is 1. The van der Waals surface area contributed by atoms with Crippen molar-refractivity contribution in [2.75, 3.05) is 13.7 Å². The summed E-state index contributed by atoms with van der Waals surface area (Å²) in [5, 5.41) is 8.96. The molecular formula is C11H17NO3. The van der Waals surface area contributed by atoms with Crippen LogP contribution in [0.2, 0.25) is 0 Å². The Morgan fingerprint density at radius 2 is 2.20 bits per heavy atom. The summed E-state index contributed by atoms with van der Waals surface area (Å²) < 4.78 is 5.29. The minimum Gasteiger partial charge on any atom is -0.466 e. The number of hydrogen-bond donors (Lipinski definition) is 1. The third kappa shape index (κ3) is 2.39. The van der Waals surface area contributed by atoms with E-state index in [1.54, 1.807) is 33.9 Å². The van der Waals surface area contributed by atoms with E-state index in [9.17, 15) is 4.79 Å². The highest BCUT2D eigenvalue weighted by molar-refractivity contribution is 5.95. The van der Waals surface area contributed by atoms with Crippen molar-refractivity contribution in [2.24, 2.45) is 0 Å². The van der Waals surface area contributed by atoms with Gasteiger partial charge in [0.15, 0.2) is 0 Å². The number of rotatable bonds is 3. The van der Waals surface area contributed by atoms with E-state index in [1.165, 1.54) is 4.90 Å². The first-order valence-electron chi connectivity index (χ1n) is 4.92. The molecule has 0 aromatic carbocycles. The SMILES string of the molecule is Cc1cc(C(=O)N(C)C(C)CO)c(C)o1. The highest BCUT2D eigenvalue weighted by Crippen LogP contribution is 2.16. The van der Waals surface area contributed by atoms with Gasteiger partial charge in [-0.3, -0.25) is 4.79 Å². The molecule has 0 spiro atoms. The highest BCUT2D eigenvalue weighted by atomic mass is 16.3. The van der Waals surface area contributed by atoms with E-state index in [0.29, 0.717) is 11.3 Å². The number of carbonyl (C=O) groups is 1. The van der Waals surface area contributed by atoms with E-state index in [0.717, 1.165) is 5.76 Å². The molecule has 1 unspecified atom stereocenters. The first kappa shape index (κ1) is 11.8. The van der Waals surface area contributed by atoms with Crippen LogP contribution in [0.1, 0.15) is 28.8 Å². The maximum absolute atomic E-state index is 11.9. The number of aliphatic hydroxyl groups excluding tert-OH is 1. The third-order valence-electron chi connectivity index (χ3n) is 2.52. The van der Waals surface area contributed by atoms with Gasteiger partial charge in [-0.2, -0.15) is 0 Å². The zero-order chi connectivity index (χ0) is 11.6. The fraction of sp³-hybridized carbons (Fsp3) is 0.545. The Hall–Kier alpha value is -1.29. The van der Waals surface area contributed by atoms with Gasteiger partial charge in [0.05, 0.1) is 18.2 Å². The van der Waals surface area contributed by atoms with Crippen molar-refractivity contribution in [3.8, 4) is 0 Å². The van der Waals surface area contributed by atoms with Crippen LogP contribution < -0.4 is 0 Å². The molecule has 1 heterocycles. The van der Waals surface area contributed by atoms with Gasteiger partial charge in [-0.15, -0.1) is 0 Å². The molecule has 1 amide bonds. The average molecular weight is 211 g/mol. The van der Waals surface area contributed by atoms with Gasteiger partial charge in [0, 0.05) is 7.05 Å². The van der Waals surface area contributed by atoms with Gasteiger partial charge >= 0.3 is 0 Å². The lowest BCUT2D eigenvalue weighted by Gasteiger charge is -2.22. The van der Waals surface area contributed by atoms with Gasteiger partial charge in [-0.1, -0.05) is 0 Å². The van der Waals surface area contributed by atoms with Gasteiger partial charge in [-0.25, -0.2) is 0 Å². The van der Waals surface area contributed by atoms with Crippen LogP contribution >= 0.6 is 0 Å². The lowest BCUT2D eigenvalue weighted by molar-refractivity contribution is 0.0680. The minimum atomic E-state index is -0.188. The highest BCUT2D eigenvalue weighted by Gasteiger charge is 2.20. The molecule has 0 saturated carbocycles. The van der Waals surface area contributed by atoms with Crippen molar-refractivity contribution >= 4 is 5.91 Å². The monoisotopic (exact) mass is 211 g/mol. The molecule has 84 valence electrons. The summed E-state index contributed by atoms with van der Waals surface area (Å²) in [6.07, 6.45) is 0. The van der Waals surface area contributed by atoms with E-state index in [-0.39, 0.29) is 18.6 Å². The Balaban J connectivity index is 2.89. The lowest BCUT2D eigenvalue weighted by atomic mass is 10.2. The molecular weight excluding hydrogens is 194 g/mol. The third-order valence-corrected chi connectivity index (χ3v) is 2.52. The largest absolute Gasteiger partial charge is 0.466 e. The Bertz CT molecular complexity index is 357. The molecule has 4 nitrogen and oxygen atoms in total. The summed E-state index contributed by atoms with van der Waals surface area (Å²) in [6.45, 7) is 5.31. The Morgan fingerprint density at radius 1 is 1.60 bits per heavy atom. The molecule has 0 aliphatic heterocycles. The Labute approximate surface area is 89.5 Å². The topological polar surface area (TPSA) is 53.7 Å². The molecule has 15 heavy (non-hydrogen) atoms. The standard InChI is InChI=1S/C11H17NO3/c1-7(6-13)12(4)11(14)10-5-8(2)15-9(10)3/h5,7,13H,6H2,1-4H3. The number of amides is 1. The predicted molar refractivity (Wildman–Crippen MR) is 56.8 cm³/mol. The molecule has 0 saturated heterocycles. The van der Waals surface area contributed by atoms with Gasteiger partial charge < -0.3 is 14.4 Å². The van der Waals surface area contributed by atoms with Crippen LogP contribution in [0.15, 0.2) is 10.5 Å². The van der Waals surface area contributed by atoms with Crippen molar-refractivity contribution in [1.29, 1.82) is 0 Å². The second-order valence-electron chi connectivity index (χ2n) is 3.77. The van der Waals surface area contributed by atoms with Gasteiger partial charge in [-0.05, 0) is 26.8 Å². The van der Waals surface area contributed by atoms with Crippen molar-refractivity contribution in [3.63, 3.8) is 0 Å². The second kappa shape index (κ2) is 4.49. The van der Waals surface area contributed by atoms with Crippen molar-refractivity contribution in [1.82, 2.24) is 4.90 Å². The number of nitrogens with zero attached hydrogens (tertiary/aromatic N) is 1. The fourth-order valence-electron chi connectivity index (χ4n) is 1.36. The van der Waals surface area contributed by atoms with Gasteiger partial charge in [0.25, 0.3) is 5.91 Å². The Kier molecular flexibility index (Phi) is 3.52. The molecule has 0 bridgehead atoms. The fourth-order valence-corrected chi connectivity index (χ4v) is 1.36. The maximum Gasteiger partial charge on any atom is 0.257 e. The van der Waals surface area contributed by atoms with Crippen molar-refractivity contribution in [3.05, 3.63) is 23.2 Å². The number of hydrogen-bond acceptors (Lipinski definition) is 3. The summed E-state index contributed by atoms with van der Waals surface area (Å²) in [6, 6.07) is 1.53. The average Bonchev–Trinajstić information content (AvgIpc) is 2.54. The normalized spacial score (nSPS) is 12.6. The summed E-state index contributed by atoms with van der Waals surface area (Å²) >= 11 is 0. The summed E-state index contributed by atoms with van der Waals surface area (Å²) in [5.41, 5.74) is 0.565. The molecule has 1 rings (SSSR count). The van der Waals surface area contributed by atoms with E-state index >= 15 is 0 Å². The van der Waals surface area contributed by atoms with E-state index in [1.807, 2.05) is 0 Å². The molecule has 1 aromatic rings. The van der Waals surface area contributed by atoms with Crippen LogP contribution in [0.25, 0.3) is 0 Å². The van der Waals surface area contributed by atoms with Crippen LogP contribution in [-0.2, 0) is 0 Å². The van der Waals surface area contributed by atoms with Crippen LogP contribution in [0.4, 0.5) is 0 Å². The molecule has 0 aliphatic carbocycles. The van der Waals surface area contributed by atoms with Crippen LogP contribution in [0.5, 0.6) is 0 Å². The molecule has 1 atom stereocenters. The number of likely N-dealkylation sites (N-methyl/N-ethyl adjacent to an activating group) is 1. The van der Waals surface area contributed by atoms with Crippen LogP contribution in [0, 0.1) is 13.8 Å². The number of furan rings is 1. The molecule has 1 N–H and O–H groups in total. The number of carbonyl (C=O) groups excluding carboxylic acids is 1. The zero-order valence-corrected chi connectivity index (χ0v) is 9.57. The summed E-state index contributed by atoms with van der Waals surface area (Å²) in [4.78, 5) is 13.4. The quantitative estimate of drug-likeness (QED) is 0.821. The molecule has 0 radical (unpaired) electrons. The predicted octanol–water partition coefficient (Wildman–Crippen LogP) is 1.35. The molecule has 1 aromatic heterocycles. The first-order valence-corrected chi connectivity index (χ1v) is 4.92. The van der Waals surface area contributed by atoms with Gasteiger partial charge in [0.1, 0.15) is 11.5 Å². The van der Waals surface area contributed by atoms with Crippen molar-refractivity contribution in [2.45, 2.75) is 26.8 Å². The van der Waals surface area contributed by atoms with Crippen molar-refractivity contribution < 1.29 is 14.3 Å². The van der Waals surface area contributed by atoms with Crippen LogP contribution in [0.3, 0.4) is 0 Å². The number of aryl methyl sites for hydroxylation is 2. The van der Waals surface area contributed by atoms with Gasteiger partial charge in [0.2, 0.25) is 0 Å². The second-order valence-corrected chi connectivity index (χ2v) is 3.77. The maximum atomic E-state index is 11.9. The molecule has 0 fully saturated rings.